The van der Waals surface area contributed by atoms with E-state index in [1.807, 2.05) is 32.9 Å². The normalized spacial score (nSPS) is 12.0. The average molecular weight is 457 g/mol. The smallest absolute Gasteiger partial charge is 0.260 e. The third kappa shape index (κ3) is 4.73. The predicted octanol–water partition coefficient (Wildman–Crippen LogP) is 4.45. The van der Waals surface area contributed by atoms with Gasteiger partial charge in [0.2, 0.25) is 10.0 Å². The fourth-order valence-corrected chi connectivity index (χ4v) is 4.37. The van der Waals surface area contributed by atoms with Crippen LogP contribution in [0.1, 0.15) is 55.4 Å². The van der Waals surface area contributed by atoms with Crippen molar-refractivity contribution in [3.63, 3.8) is 0 Å². The molecule has 0 atom stereocenters. The van der Waals surface area contributed by atoms with Gasteiger partial charge in [-0.15, -0.1) is 0 Å². The Morgan fingerprint density at radius 3 is 2.28 bits per heavy atom. The van der Waals surface area contributed by atoms with E-state index in [9.17, 15) is 13.2 Å². The molecule has 1 heterocycles. The molecular weight excluding hydrogens is 428 g/mol. The summed E-state index contributed by atoms with van der Waals surface area (Å²) < 4.78 is 32.0. The van der Waals surface area contributed by atoms with Gasteiger partial charge in [-0.2, -0.15) is 9.29 Å². The number of nitrogens with one attached hydrogen (secondary N) is 1. The van der Waals surface area contributed by atoms with Gasteiger partial charge in [-0.3, -0.25) is 4.79 Å². The number of sulfonamides is 1. The molecule has 0 aliphatic carbocycles. The number of carbonyl (C=O) groups is 1. The van der Waals surface area contributed by atoms with Crippen molar-refractivity contribution in [3.8, 4) is 11.5 Å². The fourth-order valence-electron chi connectivity index (χ4n) is 3.00. The molecule has 3 aromatic rings. The van der Waals surface area contributed by atoms with Crippen molar-refractivity contribution in [2.75, 3.05) is 12.4 Å². The Labute approximate surface area is 188 Å². The summed E-state index contributed by atoms with van der Waals surface area (Å²) >= 11 is 0. The highest BCUT2D eigenvalue weighted by atomic mass is 32.2. The van der Waals surface area contributed by atoms with Gasteiger partial charge in [0.25, 0.3) is 11.8 Å². The van der Waals surface area contributed by atoms with Crippen molar-refractivity contribution in [1.82, 2.24) is 14.4 Å². The lowest BCUT2D eigenvalue weighted by atomic mass is 10.1. The number of para-hydroxylation sites is 1. The Morgan fingerprint density at radius 1 is 1.06 bits per heavy atom. The van der Waals surface area contributed by atoms with Gasteiger partial charge in [0.05, 0.1) is 16.1 Å². The summed E-state index contributed by atoms with van der Waals surface area (Å²) in [6, 6.07) is 11.2. The number of amides is 1. The maximum atomic E-state index is 12.9. The van der Waals surface area contributed by atoms with Gasteiger partial charge in [-0.25, -0.2) is 8.42 Å². The number of aryl methyl sites for hydroxylation is 1. The topological polar surface area (TPSA) is 105 Å². The number of carbonyl (C=O) groups excluding carboxylic acids is 1. The van der Waals surface area contributed by atoms with E-state index in [1.165, 1.54) is 35.6 Å². The molecule has 1 N–H and O–H groups in total. The van der Waals surface area contributed by atoms with Gasteiger partial charge in [0.15, 0.2) is 5.82 Å². The maximum absolute atomic E-state index is 12.9. The minimum atomic E-state index is -3.62. The molecule has 32 heavy (non-hydrogen) atoms. The minimum absolute atomic E-state index is 0.111. The average Bonchev–Trinajstić information content (AvgIpc) is 3.25. The van der Waals surface area contributed by atoms with Crippen LogP contribution in [0.2, 0.25) is 0 Å². The Balaban J connectivity index is 1.88. The zero-order valence-corrected chi connectivity index (χ0v) is 19.9. The molecule has 170 valence electrons. The summed E-state index contributed by atoms with van der Waals surface area (Å²) in [5.41, 5.74) is 2.35. The third-order valence-corrected chi connectivity index (χ3v) is 7.27. The molecule has 1 amide bonds. The maximum Gasteiger partial charge on any atom is 0.260 e. The van der Waals surface area contributed by atoms with Crippen LogP contribution in [0.15, 0.2) is 51.9 Å². The van der Waals surface area contributed by atoms with E-state index in [-0.39, 0.29) is 22.8 Å². The van der Waals surface area contributed by atoms with E-state index in [4.69, 9.17) is 4.52 Å². The number of hydrogen-bond acceptors (Lipinski definition) is 6. The summed E-state index contributed by atoms with van der Waals surface area (Å²) in [4.78, 5) is 17.5. The lowest BCUT2D eigenvalue weighted by molar-refractivity contribution is 0.102. The lowest BCUT2D eigenvalue weighted by Crippen LogP contribution is -2.33. The monoisotopic (exact) mass is 456 g/mol. The zero-order valence-electron chi connectivity index (χ0n) is 19.1. The Hall–Kier alpha value is -3.04. The molecular formula is C23H28N4O4S. The van der Waals surface area contributed by atoms with Gasteiger partial charge in [0.1, 0.15) is 0 Å². The highest BCUT2D eigenvalue weighted by Gasteiger charge is 2.23. The first-order valence-corrected chi connectivity index (χ1v) is 11.8. The molecule has 0 radical (unpaired) electrons. The van der Waals surface area contributed by atoms with Crippen molar-refractivity contribution in [3.05, 3.63) is 59.4 Å². The van der Waals surface area contributed by atoms with E-state index in [0.29, 0.717) is 28.5 Å². The first-order valence-electron chi connectivity index (χ1n) is 10.4. The zero-order chi connectivity index (χ0) is 23.6. The Kier molecular flexibility index (Phi) is 6.80. The molecule has 0 aliphatic heterocycles. The second-order valence-electron chi connectivity index (χ2n) is 8.20. The van der Waals surface area contributed by atoms with Crippen molar-refractivity contribution in [1.29, 1.82) is 0 Å². The molecule has 0 fully saturated rings. The standard InChI is InChI=1S/C23H28N4O4S/c1-14(2)21-25-23(31-26-21)19-9-7-8-16(5)20(19)24-22(28)17-10-12-18(13-11-17)32(29,30)27(6)15(3)4/h7-15H,1-6H3,(H,24,28). The third-order valence-electron chi connectivity index (χ3n) is 5.22. The number of anilines is 1. The van der Waals surface area contributed by atoms with E-state index >= 15 is 0 Å². The number of nitrogens with zero attached hydrogens (tertiary/aromatic N) is 3. The van der Waals surface area contributed by atoms with Crippen LogP contribution in [0.25, 0.3) is 11.5 Å². The molecule has 0 saturated carbocycles. The van der Waals surface area contributed by atoms with Crippen LogP contribution in [0.5, 0.6) is 0 Å². The highest BCUT2D eigenvalue weighted by Crippen LogP contribution is 2.31. The lowest BCUT2D eigenvalue weighted by Gasteiger charge is -2.21. The largest absolute Gasteiger partial charge is 0.334 e. The van der Waals surface area contributed by atoms with Crippen LogP contribution in [0, 0.1) is 6.92 Å². The number of benzene rings is 2. The van der Waals surface area contributed by atoms with Gasteiger partial charge in [-0.05, 0) is 56.7 Å². The summed E-state index contributed by atoms with van der Waals surface area (Å²) in [6.45, 7) is 9.41. The Bertz CT molecular complexity index is 1220. The molecule has 0 saturated heterocycles. The van der Waals surface area contributed by atoms with Gasteiger partial charge < -0.3 is 9.84 Å². The molecule has 0 bridgehead atoms. The van der Waals surface area contributed by atoms with E-state index in [0.717, 1.165) is 5.56 Å². The van der Waals surface area contributed by atoms with E-state index in [2.05, 4.69) is 15.5 Å². The van der Waals surface area contributed by atoms with Crippen LogP contribution in [-0.2, 0) is 10.0 Å². The first-order chi connectivity index (χ1) is 15.0. The summed E-state index contributed by atoms with van der Waals surface area (Å²) in [5, 5.41) is 6.90. The second kappa shape index (κ2) is 9.22. The number of rotatable bonds is 7. The molecule has 0 unspecified atom stereocenters. The minimum Gasteiger partial charge on any atom is -0.334 e. The van der Waals surface area contributed by atoms with Crippen LogP contribution in [0.3, 0.4) is 0 Å². The van der Waals surface area contributed by atoms with Gasteiger partial charge in [0, 0.05) is 24.6 Å². The van der Waals surface area contributed by atoms with Crippen LogP contribution in [-0.4, -0.2) is 41.9 Å². The number of aromatic nitrogens is 2. The summed E-state index contributed by atoms with van der Waals surface area (Å²) in [5.74, 6) is 0.651. The van der Waals surface area contributed by atoms with Crippen LogP contribution < -0.4 is 5.32 Å². The molecule has 8 nitrogen and oxygen atoms in total. The molecule has 3 rings (SSSR count). The van der Waals surface area contributed by atoms with Crippen LogP contribution >= 0.6 is 0 Å². The summed E-state index contributed by atoms with van der Waals surface area (Å²) in [7, 11) is -2.09. The molecule has 9 heteroatoms. The summed E-state index contributed by atoms with van der Waals surface area (Å²) in [6.07, 6.45) is 0. The van der Waals surface area contributed by atoms with Crippen molar-refractivity contribution in [2.45, 2.75) is 51.5 Å². The first kappa shape index (κ1) is 23.6. The quantitative estimate of drug-likeness (QED) is 0.563. The number of hydrogen-bond donors (Lipinski definition) is 1. The predicted molar refractivity (Wildman–Crippen MR) is 123 cm³/mol. The van der Waals surface area contributed by atoms with Crippen molar-refractivity contribution < 1.29 is 17.7 Å². The van der Waals surface area contributed by atoms with Crippen molar-refractivity contribution in [2.24, 2.45) is 0 Å². The SMILES string of the molecule is Cc1cccc(-c2nc(C(C)C)no2)c1NC(=O)c1ccc(S(=O)(=O)N(C)C(C)C)cc1. The van der Waals surface area contributed by atoms with Gasteiger partial charge >= 0.3 is 0 Å². The molecule has 0 spiro atoms. The molecule has 1 aromatic heterocycles. The van der Waals surface area contributed by atoms with Crippen molar-refractivity contribution >= 4 is 21.6 Å². The Morgan fingerprint density at radius 2 is 1.72 bits per heavy atom. The molecule has 0 aliphatic rings. The highest BCUT2D eigenvalue weighted by molar-refractivity contribution is 7.89. The fraction of sp³-hybridized carbons (Fsp3) is 0.348. The van der Waals surface area contributed by atoms with Gasteiger partial charge in [-0.1, -0.05) is 31.1 Å². The second-order valence-corrected chi connectivity index (χ2v) is 10.2. The van der Waals surface area contributed by atoms with Crippen LogP contribution in [0.4, 0.5) is 5.69 Å². The molecule has 2 aromatic carbocycles. The van der Waals surface area contributed by atoms with E-state index < -0.39 is 10.0 Å². The van der Waals surface area contributed by atoms with E-state index in [1.54, 1.807) is 19.9 Å².